The number of amides is 1. The van der Waals surface area contributed by atoms with Crippen LogP contribution in [0.5, 0.6) is 0 Å². The van der Waals surface area contributed by atoms with Crippen LogP contribution in [0.3, 0.4) is 0 Å². The molecule has 0 unspecified atom stereocenters. The van der Waals surface area contributed by atoms with E-state index >= 15 is 0 Å². The molecule has 0 aliphatic heterocycles. The fraction of sp³-hybridized carbons (Fsp3) is 0.600. The first kappa shape index (κ1) is 18.9. The SMILES string of the molecule is CCCCc1c(C(=O)NC23CC4CC(CC(C4)C2)C3)nc(C)n1-c1ccccc1. The molecule has 4 saturated carbocycles. The van der Waals surface area contributed by atoms with Crippen molar-refractivity contribution in [3.8, 4) is 5.69 Å². The molecule has 1 N–H and O–H groups in total. The molecular weight excluding hydrogens is 358 g/mol. The lowest BCUT2D eigenvalue weighted by molar-refractivity contribution is -0.0168. The van der Waals surface area contributed by atoms with Gasteiger partial charge in [0.2, 0.25) is 0 Å². The highest BCUT2D eigenvalue weighted by molar-refractivity contribution is 5.94. The van der Waals surface area contributed by atoms with E-state index in [0.29, 0.717) is 5.69 Å². The molecule has 4 aliphatic rings. The summed E-state index contributed by atoms with van der Waals surface area (Å²) in [5.41, 5.74) is 2.84. The molecule has 1 aromatic heterocycles. The monoisotopic (exact) mass is 391 g/mol. The summed E-state index contributed by atoms with van der Waals surface area (Å²) in [6.45, 7) is 4.22. The molecule has 2 aromatic rings. The summed E-state index contributed by atoms with van der Waals surface area (Å²) >= 11 is 0. The van der Waals surface area contributed by atoms with Gasteiger partial charge >= 0.3 is 0 Å². The summed E-state index contributed by atoms with van der Waals surface area (Å²) < 4.78 is 2.18. The van der Waals surface area contributed by atoms with Gasteiger partial charge in [0.15, 0.2) is 0 Å². The zero-order chi connectivity index (χ0) is 20.0. The van der Waals surface area contributed by atoms with E-state index < -0.39 is 0 Å². The van der Waals surface area contributed by atoms with Crippen LogP contribution in [-0.2, 0) is 6.42 Å². The minimum atomic E-state index is 0.0261. The first-order valence-corrected chi connectivity index (χ1v) is 11.5. The predicted octanol–water partition coefficient (Wildman–Crippen LogP) is 5.22. The Morgan fingerprint density at radius 3 is 2.31 bits per heavy atom. The minimum absolute atomic E-state index is 0.0261. The second kappa shape index (κ2) is 7.30. The Labute approximate surface area is 174 Å². The fourth-order valence-electron chi connectivity index (χ4n) is 6.82. The quantitative estimate of drug-likeness (QED) is 0.734. The van der Waals surface area contributed by atoms with Crippen molar-refractivity contribution in [1.82, 2.24) is 14.9 Å². The van der Waals surface area contributed by atoms with Crippen LogP contribution in [0.4, 0.5) is 0 Å². The third-order valence-electron chi connectivity index (χ3n) is 7.55. The molecule has 4 heteroatoms. The molecule has 6 rings (SSSR count). The maximum absolute atomic E-state index is 13.5. The fourth-order valence-corrected chi connectivity index (χ4v) is 6.82. The van der Waals surface area contributed by atoms with Crippen molar-refractivity contribution in [1.29, 1.82) is 0 Å². The zero-order valence-electron chi connectivity index (χ0n) is 17.8. The van der Waals surface area contributed by atoms with Gasteiger partial charge in [-0.3, -0.25) is 4.79 Å². The number of rotatable bonds is 6. The largest absolute Gasteiger partial charge is 0.345 e. The van der Waals surface area contributed by atoms with E-state index in [1.807, 2.05) is 25.1 Å². The summed E-state index contributed by atoms with van der Waals surface area (Å²) in [5, 5.41) is 3.53. The minimum Gasteiger partial charge on any atom is -0.345 e. The number of carbonyl (C=O) groups is 1. The van der Waals surface area contributed by atoms with Crippen LogP contribution in [0.15, 0.2) is 30.3 Å². The number of aromatic nitrogens is 2. The van der Waals surface area contributed by atoms with E-state index in [9.17, 15) is 4.79 Å². The lowest BCUT2D eigenvalue weighted by Gasteiger charge is -2.56. The smallest absolute Gasteiger partial charge is 0.272 e. The van der Waals surface area contributed by atoms with Gasteiger partial charge in [-0.25, -0.2) is 4.98 Å². The van der Waals surface area contributed by atoms with Crippen LogP contribution in [0.25, 0.3) is 5.69 Å². The molecule has 4 nitrogen and oxygen atoms in total. The molecule has 4 aliphatic carbocycles. The van der Waals surface area contributed by atoms with Gasteiger partial charge < -0.3 is 9.88 Å². The number of aryl methyl sites for hydroxylation is 1. The van der Waals surface area contributed by atoms with Gasteiger partial charge in [0.25, 0.3) is 5.91 Å². The number of nitrogens with zero attached hydrogens (tertiary/aromatic N) is 2. The van der Waals surface area contributed by atoms with E-state index in [2.05, 4.69) is 28.9 Å². The van der Waals surface area contributed by atoms with Crippen molar-refractivity contribution in [2.45, 2.75) is 77.2 Å². The summed E-state index contributed by atoms with van der Waals surface area (Å²) in [4.78, 5) is 18.3. The molecule has 1 aromatic carbocycles. The van der Waals surface area contributed by atoms with Crippen LogP contribution in [-0.4, -0.2) is 21.0 Å². The van der Waals surface area contributed by atoms with Crippen LogP contribution < -0.4 is 5.32 Å². The maximum atomic E-state index is 13.5. The van der Waals surface area contributed by atoms with Gasteiger partial charge in [-0.2, -0.15) is 0 Å². The van der Waals surface area contributed by atoms with E-state index in [0.717, 1.165) is 54.2 Å². The van der Waals surface area contributed by atoms with Crippen molar-refractivity contribution < 1.29 is 4.79 Å². The van der Waals surface area contributed by atoms with Gasteiger partial charge in [-0.15, -0.1) is 0 Å². The predicted molar refractivity (Wildman–Crippen MR) is 115 cm³/mol. The van der Waals surface area contributed by atoms with Crippen LogP contribution >= 0.6 is 0 Å². The number of hydrogen-bond acceptors (Lipinski definition) is 2. The van der Waals surface area contributed by atoms with Gasteiger partial charge in [0.1, 0.15) is 11.5 Å². The van der Waals surface area contributed by atoms with E-state index in [1.165, 1.54) is 38.5 Å². The first-order chi connectivity index (χ1) is 14.1. The van der Waals surface area contributed by atoms with Crippen LogP contribution in [0, 0.1) is 24.7 Å². The van der Waals surface area contributed by atoms with E-state index in [-0.39, 0.29) is 11.4 Å². The lowest BCUT2D eigenvalue weighted by atomic mass is 9.53. The average Bonchev–Trinajstić information content (AvgIpc) is 3.02. The number of hydrogen-bond donors (Lipinski definition) is 1. The first-order valence-electron chi connectivity index (χ1n) is 11.5. The Kier molecular flexibility index (Phi) is 4.76. The molecule has 0 radical (unpaired) electrons. The van der Waals surface area contributed by atoms with Gasteiger partial charge in [-0.05, 0) is 88.2 Å². The van der Waals surface area contributed by atoms with Crippen molar-refractivity contribution in [3.63, 3.8) is 0 Å². The Morgan fingerprint density at radius 1 is 1.10 bits per heavy atom. The van der Waals surface area contributed by atoms with E-state index in [4.69, 9.17) is 4.98 Å². The summed E-state index contributed by atoms with van der Waals surface area (Å²) in [5.74, 6) is 3.42. The number of carbonyl (C=O) groups excluding carboxylic acids is 1. The summed E-state index contributed by atoms with van der Waals surface area (Å²) in [6.07, 6.45) is 10.7. The van der Waals surface area contributed by atoms with Gasteiger partial charge in [0.05, 0.1) is 5.69 Å². The molecule has 0 atom stereocenters. The highest BCUT2D eigenvalue weighted by Crippen LogP contribution is 2.55. The lowest BCUT2D eigenvalue weighted by Crippen LogP contribution is -2.60. The molecule has 0 spiro atoms. The maximum Gasteiger partial charge on any atom is 0.272 e. The standard InChI is InChI=1S/C25H33N3O/c1-3-4-10-22-23(26-17(2)28(22)21-8-6-5-7-9-21)24(29)27-25-14-18-11-19(15-25)13-20(12-18)16-25/h5-9,18-20H,3-4,10-16H2,1-2H3,(H,27,29). The highest BCUT2D eigenvalue weighted by atomic mass is 16.2. The molecule has 4 fully saturated rings. The number of para-hydroxylation sites is 1. The van der Waals surface area contributed by atoms with Crippen molar-refractivity contribution in [3.05, 3.63) is 47.5 Å². The van der Waals surface area contributed by atoms with Crippen molar-refractivity contribution in [2.75, 3.05) is 0 Å². The molecule has 154 valence electrons. The van der Waals surface area contributed by atoms with Crippen LogP contribution in [0.2, 0.25) is 0 Å². The Morgan fingerprint density at radius 2 is 1.72 bits per heavy atom. The number of unbranched alkanes of at least 4 members (excludes halogenated alkanes) is 1. The Bertz CT molecular complexity index is 863. The third kappa shape index (κ3) is 3.41. The van der Waals surface area contributed by atoms with Gasteiger partial charge in [0, 0.05) is 11.2 Å². The van der Waals surface area contributed by atoms with Crippen molar-refractivity contribution >= 4 is 5.91 Å². The number of benzene rings is 1. The third-order valence-corrected chi connectivity index (χ3v) is 7.55. The zero-order valence-corrected chi connectivity index (χ0v) is 17.8. The normalized spacial score (nSPS) is 29.9. The Hall–Kier alpha value is -2.10. The van der Waals surface area contributed by atoms with E-state index in [1.54, 1.807) is 0 Å². The average molecular weight is 392 g/mol. The number of nitrogens with one attached hydrogen (secondary N) is 1. The molecule has 4 bridgehead atoms. The molecular formula is C25H33N3O. The van der Waals surface area contributed by atoms with Crippen molar-refractivity contribution in [2.24, 2.45) is 17.8 Å². The molecule has 29 heavy (non-hydrogen) atoms. The van der Waals surface area contributed by atoms with Crippen LogP contribution in [0.1, 0.15) is 80.3 Å². The summed E-state index contributed by atoms with van der Waals surface area (Å²) in [7, 11) is 0. The number of imidazole rings is 1. The molecule has 1 amide bonds. The second-order valence-corrected chi connectivity index (χ2v) is 9.88. The Balaban J connectivity index is 1.46. The van der Waals surface area contributed by atoms with Gasteiger partial charge in [-0.1, -0.05) is 31.5 Å². The highest BCUT2D eigenvalue weighted by Gasteiger charge is 2.51. The molecule has 0 saturated heterocycles. The summed E-state index contributed by atoms with van der Waals surface area (Å²) in [6, 6.07) is 10.3. The molecule has 1 heterocycles. The second-order valence-electron chi connectivity index (χ2n) is 9.88. The topological polar surface area (TPSA) is 46.9 Å².